The van der Waals surface area contributed by atoms with E-state index in [1.54, 1.807) is 23.5 Å². The van der Waals surface area contributed by atoms with Crippen molar-refractivity contribution in [1.29, 1.82) is 0 Å². The summed E-state index contributed by atoms with van der Waals surface area (Å²) in [6.45, 7) is 2.56. The maximum absolute atomic E-state index is 12.4. The fourth-order valence-electron chi connectivity index (χ4n) is 1.91. The summed E-state index contributed by atoms with van der Waals surface area (Å²) in [7, 11) is 1.76. The molecule has 0 aromatic carbocycles. The van der Waals surface area contributed by atoms with Crippen LogP contribution in [0, 0.1) is 0 Å². The van der Waals surface area contributed by atoms with E-state index >= 15 is 0 Å². The topological polar surface area (TPSA) is 46.1 Å². The average Bonchev–Trinajstić information content (AvgIpc) is 2.90. The Kier molecular flexibility index (Phi) is 5.09. The Hall–Kier alpha value is -1.46. The zero-order valence-corrected chi connectivity index (χ0v) is 13.0. The van der Waals surface area contributed by atoms with E-state index in [4.69, 9.17) is 11.6 Å². The molecule has 0 bridgehead atoms. The minimum Gasteiger partial charge on any atom is -0.336 e. The molecule has 2 aromatic rings. The number of amides is 1. The molecule has 0 aliphatic rings. The summed E-state index contributed by atoms with van der Waals surface area (Å²) < 4.78 is 0. The molecule has 6 heteroatoms. The van der Waals surface area contributed by atoms with Gasteiger partial charge < -0.3 is 4.90 Å². The molecule has 106 valence electrons. The van der Waals surface area contributed by atoms with Gasteiger partial charge >= 0.3 is 0 Å². The molecule has 4 nitrogen and oxygen atoms in total. The molecular formula is C14H16ClN3OS. The second-order valence-electron chi connectivity index (χ2n) is 4.56. The molecule has 2 aromatic heterocycles. The Bertz CT molecular complexity index is 586. The Morgan fingerprint density at radius 1 is 1.40 bits per heavy atom. The normalized spacial score (nSPS) is 10.6. The van der Waals surface area contributed by atoms with Crippen molar-refractivity contribution in [3.63, 3.8) is 0 Å². The van der Waals surface area contributed by atoms with Gasteiger partial charge in [0.1, 0.15) is 5.15 Å². The lowest BCUT2D eigenvalue weighted by Crippen LogP contribution is -2.26. The molecule has 0 radical (unpaired) electrons. The van der Waals surface area contributed by atoms with E-state index in [2.05, 4.69) is 16.9 Å². The number of rotatable bonds is 5. The second kappa shape index (κ2) is 6.81. The Balaban J connectivity index is 2.15. The third kappa shape index (κ3) is 3.77. The van der Waals surface area contributed by atoms with Gasteiger partial charge in [0.15, 0.2) is 0 Å². The van der Waals surface area contributed by atoms with E-state index in [-0.39, 0.29) is 5.91 Å². The third-order valence-corrected chi connectivity index (χ3v) is 3.66. The number of carbonyl (C=O) groups is 1. The number of hydrogen-bond acceptors (Lipinski definition) is 4. The Morgan fingerprint density at radius 2 is 2.20 bits per heavy atom. The highest BCUT2D eigenvalue weighted by Crippen LogP contribution is 2.15. The molecule has 2 rings (SSSR count). The van der Waals surface area contributed by atoms with Crippen LogP contribution in [0.2, 0.25) is 5.15 Å². The molecular weight excluding hydrogens is 294 g/mol. The van der Waals surface area contributed by atoms with Crippen molar-refractivity contribution in [2.24, 2.45) is 0 Å². The molecule has 0 spiro atoms. The summed E-state index contributed by atoms with van der Waals surface area (Å²) >= 11 is 7.51. The smallest absolute Gasteiger partial charge is 0.254 e. The zero-order valence-electron chi connectivity index (χ0n) is 11.5. The summed E-state index contributed by atoms with van der Waals surface area (Å²) in [5.74, 6) is -0.0698. The minimum absolute atomic E-state index is 0.0698. The molecule has 0 fully saturated rings. The average molecular weight is 310 g/mol. The SMILES string of the molecule is CCCc1cc(C(=O)N(C)Cc2cscn2)cc(Cl)n1. The first-order valence-corrected chi connectivity index (χ1v) is 7.71. The fraction of sp³-hybridized carbons (Fsp3) is 0.357. The molecule has 0 saturated carbocycles. The van der Waals surface area contributed by atoms with Crippen LogP contribution in [0.15, 0.2) is 23.0 Å². The third-order valence-electron chi connectivity index (χ3n) is 2.83. The van der Waals surface area contributed by atoms with Crippen molar-refractivity contribution in [2.75, 3.05) is 7.05 Å². The molecule has 2 heterocycles. The predicted molar refractivity (Wildman–Crippen MR) is 81.2 cm³/mol. The molecule has 1 amide bonds. The summed E-state index contributed by atoms with van der Waals surface area (Å²) in [4.78, 5) is 22.4. The maximum atomic E-state index is 12.4. The van der Waals surface area contributed by atoms with Gasteiger partial charge in [-0.25, -0.2) is 9.97 Å². The monoisotopic (exact) mass is 309 g/mol. The van der Waals surface area contributed by atoms with Crippen LogP contribution >= 0.6 is 22.9 Å². The van der Waals surface area contributed by atoms with Crippen molar-refractivity contribution in [2.45, 2.75) is 26.3 Å². The molecule has 20 heavy (non-hydrogen) atoms. The summed E-state index contributed by atoms with van der Waals surface area (Å²) in [5.41, 5.74) is 4.08. The van der Waals surface area contributed by atoms with Crippen molar-refractivity contribution in [3.8, 4) is 0 Å². The Labute approximate surface area is 127 Å². The van der Waals surface area contributed by atoms with E-state index in [1.807, 2.05) is 11.4 Å². The molecule has 0 aliphatic carbocycles. The first-order valence-electron chi connectivity index (χ1n) is 6.39. The highest BCUT2D eigenvalue weighted by atomic mass is 35.5. The van der Waals surface area contributed by atoms with Gasteiger partial charge in [0.25, 0.3) is 5.91 Å². The molecule has 0 N–H and O–H groups in total. The molecule has 0 atom stereocenters. The van der Waals surface area contributed by atoms with Gasteiger partial charge in [-0.15, -0.1) is 11.3 Å². The predicted octanol–water partition coefficient (Wildman–Crippen LogP) is 3.42. The van der Waals surface area contributed by atoms with Crippen molar-refractivity contribution in [1.82, 2.24) is 14.9 Å². The lowest BCUT2D eigenvalue weighted by Gasteiger charge is -2.16. The lowest BCUT2D eigenvalue weighted by atomic mass is 10.1. The van der Waals surface area contributed by atoms with Crippen molar-refractivity contribution in [3.05, 3.63) is 45.1 Å². The van der Waals surface area contributed by atoms with E-state index in [9.17, 15) is 4.79 Å². The van der Waals surface area contributed by atoms with E-state index < -0.39 is 0 Å². The van der Waals surface area contributed by atoms with Gasteiger partial charge in [0, 0.05) is 23.7 Å². The van der Waals surface area contributed by atoms with Crippen LogP contribution in [0.3, 0.4) is 0 Å². The first-order chi connectivity index (χ1) is 9.60. The van der Waals surface area contributed by atoms with Gasteiger partial charge in [0.2, 0.25) is 0 Å². The highest BCUT2D eigenvalue weighted by Gasteiger charge is 2.14. The standard InChI is InChI=1S/C14H16ClN3OS/c1-3-4-11-5-10(6-13(15)17-11)14(19)18(2)7-12-8-20-9-16-12/h5-6,8-9H,3-4,7H2,1-2H3. The van der Waals surface area contributed by atoms with Crippen LogP contribution in [0.4, 0.5) is 0 Å². The first kappa shape index (κ1) is 14.9. The molecule has 0 aliphatic heterocycles. The summed E-state index contributed by atoms with van der Waals surface area (Å²) in [6.07, 6.45) is 1.78. The van der Waals surface area contributed by atoms with Crippen LogP contribution in [0.5, 0.6) is 0 Å². The number of thiazole rings is 1. The number of pyridine rings is 1. The van der Waals surface area contributed by atoms with Gasteiger partial charge in [-0.05, 0) is 18.6 Å². The summed E-state index contributed by atoms with van der Waals surface area (Å²) in [5, 5.41) is 2.30. The minimum atomic E-state index is -0.0698. The van der Waals surface area contributed by atoms with Gasteiger partial charge in [-0.2, -0.15) is 0 Å². The van der Waals surface area contributed by atoms with Crippen LogP contribution < -0.4 is 0 Å². The van der Waals surface area contributed by atoms with Crippen molar-refractivity contribution >= 4 is 28.8 Å². The van der Waals surface area contributed by atoms with Gasteiger partial charge in [-0.1, -0.05) is 24.9 Å². The van der Waals surface area contributed by atoms with Gasteiger partial charge in [0.05, 0.1) is 17.7 Å². The van der Waals surface area contributed by atoms with Crippen LogP contribution in [-0.4, -0.2) is 27.8 Å². The fourth-order valence-corrected chi connectivity index (χ4v) is 2.69. The van der Waals surface area contributed by atoms with Crippen LogP contribution in [0.1, 0.15) is 35.1 Å². The molecule has 0 saturated heterocycles. The van der Waals surface area contributed by atoms with Crippen molar-refractivity contribution < 1.29 is 4.79 Å². The van der Waals surface area contributed by atoms with E-state index in [0.717, 1.165) is 24.2 Å². The molecule has 0 unspecified atom stereocenters. The Morgan fingerprint density at radius 3 is 2.85 bits per heavy atom. The van der Waals surface area contributed by atoms with Crippen LogP contribution in [0.25, 0.3) is 0 Å². The number of halogens is 1. The van der Waals surface area contributed by atoms with Crippen LogP contribution in [-0.2, 0) is 13.0 Å². The number of aromatic nitrogens is 2. The maximum Gasteiger partial charge on any atom is 0.254 e. The van der Waals surface area contributed by atoms with Gasteiger partial charge in [-0.3, -0.25) is 4.79 Å². The zero-order chi connectivity index (χ0) is 14.5. The highest BCUT2D eigenvalue weighted by molar-refractivity contribution is 7.07. The lowest BCUT2D eigenvalue weighted by molar-refractivity contribution is 0.0783. The summed E-state index contributed by atoms with van der Waals surface area (Å²) in [6, 6.07) is 3.43. The largest absolute Gasteiger partial charge is 0.336 e. The second-order valence-corrected chi connectivity index (χ2v) is 5.67. The van der Waals surface area contributed by atoms with E-state index in [1.165, 1.54) is 11.3 Å². The quantitative estimate of drug-likeness (QED) is 0.795. The van der Waals surface area contributed by atoms with E-state index in [0.29, 0.717) is 17.3 Å². The number of hydrogen-bond donors (Lipinski definition) is 0. The number of aryl methyl sites for hydroxylation is 1. The number of nitrogens with zero attached hydrogens (tertiary/aromatic N) is 3. The number of carbonyl (C=O) groups excluding carboxylic acids is 1.